The number of carbonyl (C=O) groups is 1. The first-order valence-corrected chi connectivity index (χ1v) is 6.87. The molecule has 0 fully saturated rings. The van der Waals surface area contributed by atoms with Crippen LogP contribution in [-0.4, -0.2) is 24.0 Å². The van der Waals surface area contributed by atoms with Crippen LogP contribution in [0.5, 0.6) is 11.5 Å². The second-order valence-corrected chi connectivity index (χ2v) is 4.99. The van der Waals surface area contributed by atoms with Crippen molar-refractivity contribution >= 4 is 5.78 Å². The first kappa shape index (κ1) is 15.0. The van der Waals surface area contributed by atoms with Crippen LogP contribution in [0.25, 0.3) is 0 Å². The Labute approximate surface area is 124 Å². The zero-order chi connectivity index (χ0) is 15.2. The summed E-state index contributed by atoms with van der Waals surface area (Å²) in [5, 5.41) is 0. The van der Waals surface area contributed by atoms with Crippen LogP contribution in [-0.2, 0) is 6.42 Å². The topological polar surface area (TPSA) is 48.4 Å². The number of pyridine rings is 1. The minimum absolute atomic E-state index is 0.0128. The van der Waals surface area contributed by atoms with Gasteiger partial charge in [-0.1, -0.05) is 18.2 Å². The van der Waals surface area contributed by atoms with Crippen LogP contribution in [0, 0.1) is 0 Å². The van der Waals surface area contributed by atoms with Gasteiger partial charge in [-0.25, -0.2) is 0 Å². The fourth-order valence-electron chi connectivity index (χ4n) is 2.03. The van der Waals surface area contributed by atoms with Crippen LogP contribution in [0.2, 0.25) is 0 Å². The molecule has 0 unspecified atom stereocenters. The zero-order valence-electron chi connectivity index (χ0n) is 12.5. The summed E-state index contributed by atoms with van der Waals surface area (Å²) in [6.07, 6.45) is 3.49. The van der Waals surface area contributed by atoms with Crippen molar-refractivity contribution in [1.29, 1.82) is 0 Å². The van der Waals surface area contributed by atoms with Crippen molar-refractivity contribution in [3.05, 3.63) is 53.9 Å². The normalized spacial score (nSPS) is 10.5. The minimum Gasteiger partial charge on any atom is -0.496 e. The molecule has 21 heavy (non-hydrogen) atoms. The Bertz CT molecular complexity index is 623. The lowest BCUT2D eigenvalue weighted by Gasteiger charge is -2.10. The van der Waals surface area contributed by atoms with E-state index in [1.54, 1.807) is 25.6 Å². The predicted octanol–water partition coefficient (Wildman–Crippen LogP) is 3.30. The number of hydrogen-bond donors (Lipinski definition) is 0. The lowest BCUT2D eigenvalue weighted by molar-refractivity contribution is 0.0991. The molecule has 4 nitrogen and oxygen atoms in total. The van der Waals surface area contributed by atoms with E-state index in [1.165, 1.54) is 0 Å². The molecule has 0 atom stereocenters. The number of aromatic nitrogens is 1. The maximum atomic E-state index is 12.4. The Morgan fingerprint density at radius 1 is 1.24 bits per heavy atom. The van der Waals surface area contributed by atoms with Gasteiger partial charge in [0.25, 0.3) is 0 Å². The summed E-state index contributed by atoms with van der Waals surface area (Å²) in [6, 6.07) is 9.23. The van der Waals surface area contributed by atoms with E-state index in [1.807, 2.05) is 38.1 Å². The van der Waals surface area contributed by atoms with E-state index in [0.29, 0.717) is 17.1 Å². The molecule has 0 saturated carbocycles. The molecule has 0 saturated heterocycles. The molecule has 4 heteroatoms. The second kappa shape index (κ2) is 6.88. The maximum absolute atomic E-state index is 12.4. The standard InChI is InChI=1S/C17H19NO3/c1-12(2)21-15-8-14(10-18-11-15)16(19)9-13-6-4-5-7-17(13)20-3/h4-8,10-12H,9H2,1-3H3. The quantitative estimate of drug-likeness (QED) is 0.764. The number of hydrogen-bond acceptors (Lipinski definition) is 4. The molecule has 0 radical (unpaired) electrons. The summed E-state index contributed by atoms with van der Waals surface area (Å²) < 4.78 is 10.8. The van der Waals surface area contributed by atoms with Crippen LogP contribution in [0.4, 0.5) is 0 Å². The molecule has 1 aromatic carbocycles. The second-order valence-electron chi connectivity index (χ2n) is 4.99. The van der Waals surface area contributed by atoms with Crippen LogP contribution < -0.4 is 9.47 Å². The first-order chi connectivity index (χ1) is 10.1. The fraction of sp³-hybridized carbons (Fsp3) is 0.294. The number of nitrogens with zero attached hydrogens (tertiary/aromatic N) is 1. The fourth-order valence-corrected chi connectivity index (χ4v) is 2.03. The molecule has 2 rings (SSSR count). The highest BCUT2D eigenvalue weighted by Crippen LogP contribution is 2.20. The third kappa shape index (κ3) is 4.05. The van der Waals surface area contributed by atoms with Crippen molar-refractivity contribution in [2.45, 2.75) is 26.4 Å². The maximum Gasteiger partial charge on any atom is 0.169 e. The Morgan fingerprint density at radius 3 is 2.71 bits per heavy atom. The third-order valence-electron chi connectivity index (χ3n) is 2.95. The van der Waals surface area contributed by atoms with Crippen LogP contribution in [0.3, 0.4) is 0 Å². The van der Waals surface area contributed by atoms with Gasteiger partial charge in [-0.3, -0.25) is 9.78 Å². The number of Topliss-reactive ketones (excluding diaryl/α,β-unsaturated/α-hetero) is 1. The van der Waals surface area contributed by atoms with Gasteiger partial charge in [-0.2, -0.15) is 0 Å². The Balaban J connectivity index is 2.16. The molecule has 0 spiro atoms. The predicted molar refractivity (Wildman–Crippen MR) is 81.0 cm³/mol. The van der Waals surface area contributed by atoms with Crippen molar-refractivity contribution in [3.63, 3.8) is 0 Å². The Morgan fingerprint density at radius 2 is 2.00 bits per heavy atom. The molecule has 1 heterocycles. The van der Waals surface area contributed by atoms with E-state index < -0.39 is 0 Å². The largest absolute Gasteiger partial charge is 0.496 e. The molecular formula is C17H19NO3. The summed E-state index contributed by atoms with van der Waals surface area (Å²) >= 11 is 0. The lowest BCUT2D eigenvalue weighted by Crippen LogP contribution is -2.09. The van der Waals surface area contributed by atoms with Gasteiger partial charge in [0.15, 0.2) is 5.78 Å². The van der Waals surface area contributed by atoms with E-state index in [2.05, 4.69) is 4.98 Å². The number of ether oxygens (including phenoxy) is 2. The van der Waals surface area contributed by atoms with Gasteiger partial charge in [0.2, 0.25) is 0 Å². The average Bonchev–Trinajstić information content (AvgIpc) is 2.47. The summed E-state index contributed by atoms with van der Waals surface area (Å²) in [4.78, 5) is 16.4. The highest BCUT2D eigenvalue weighted by Gasteiger charge is 2.12. The SMILES string of the molecule is COc1ccccc1CC(=O)c1cncc(OC(C)C)c1. The van der Waals surface area contributed by atoms with Crippen molar-refractivity contribution in [2.75, 3.05) is 7.11 Å². The number of ketones is 1. The molecule has 1 aromatic heterocycles. The highest BCUT2D eigenvalue weighted by atomic mass is 16.5. The molecule has 0 aliphatic rings. The smallest absolute Gasteiger partial charge is 0.169 e. The number of rotatable bonds is 6. The van der Waals surface area contributed by atoms with Gasteiger partial charge in [-0.15, -0.1) is 0 Å². The van der Waals surface area contributed by atoms with Gasteiger partial charge in [0.05, 0.1) is 19.4 Å². The van der Waals surface area contributed by atoms with E-state index in [4.69, 9.17) is 9.47 Å². The Kier molecular flexibility index (Phi) is 4.93. The molecule has 0 N–H and O–H groups in total. The van der Waals surface area contributed by atoms with E-state index in [9.17, 15) is 4.79 Å². The summed E-state index contributed by atoms with van der Waals surface area (Å²) in [5.41, 5.74) is 1.40. The third-order valence-corrected chi connectivity index (χ3v) is 2.95. The number of para-hydroxylation sites is 1. The van der Waals surface area contributed by atoms with Crippen molar-refractivity contribution in [2.24, 2.45) is 0 Å². The van der Waals surface area contributed by atoms with Gasteiger partial charge < -0.3 is 9.47 Å². The molecular weight excluding hydrogens is 266 g/mol. The number of carbonyl (C=O) groups excluding carboxylic acids is 1. The van der Waals surface area contributed by atoms with Gasteiger partial charge >= 0.3 is 0 Å². The van der Waals surface area contributed by atoms with Crippen molar-refractivity contribution in [1.82, 2.24) is 4.98 Å². The number of benzene rings is 1. The zero-order valence-corrected chi connectivity index (χ0v) is 12.5. The molecule has 0 aliphatic carbocycles. The molecule has 110 valence electrons. The number of methoxy groups -OCH3 is 1. The highest BCUT2D eigenvalue weighted by molar-refractivity contribution is 5.97. The van der Waals surface area contributed by atoms with E-state index in [0.717, 1.165) is 5.56 Å². The van der Waals surface area contributed by atoms with Gasteiger partial charge in [0.1, 0.15) is 11.5 Å². The molecule has 2 aromatic rings. The van der Waals surface area contributed by atoms with Gasteiger partial charge in [-0.05, 0) is 26.0 Å². The lowest BCUT2D eigenvalue weighted by atomic mass is 10.0. The molecule has 0 bridgehead atoms. The average molecular weight is 285 g/mol. The van der Waals surface area contributed by atoms with Crippen LogP contribution >= 0.6 is 0 Å². The van der Waals surface area contributed by atoms with Crippen LogP contribution in [0.15, 0.2) is 42.7 Å². The van der Waals surface area contributed by atoms with E-state index in [-0.39, 0.29) is 18.3 Å². The molecule has 0 amide bonds. The van der Waals surface area contributed by atoms with E-state index >= 15 is 0 Å². The minimum atomic E-state index is -0.0128. The molecule has 0 aliphatic heterocycles. The monoisotopic (exact) mass is 285 g/mol. The van der Waals surface area contributed by atoms with Crippen molar-refractivity contribution < 1.29 is 14.3 Å². The van der Waals surface area contributed by atoms with Gasteiger partial charge in [0, 0.05) is 23.7 Å². The van der Waals surface area contributed by atoms with Crippen LogP contribution in [0.1, 0.15) is 29.8 Å². The first-order valence-electron chi connectivity index (χ1n) is 6.87. The van der Waals surface area contributed by atoms with Crippen molar-refractivity contribution in [3.8, 4) is 11.5 Å². The summed E-state index contributed by atoms with van der Waals surface area (Å²) in [7, 11) is 1.60. The Hall–Kier alpha value is -2.36. The summed E-state index contributed by atoms with van der Waals surface area (Å²) in [6.45, 7) is 3.87. The summed E-state index contributed by atoms with van der Waals surface area (Å²) in [5.74, 6) is 1.31.